The van der Waals surface area contributed by atoms with Crippen LogP contribution in [-0.2, 0) is 49.5 Å². The first kappa shape index (κ1) is 279. The van der Waals surface area contributed by atoms with Crippen molar-refractivity contribution >= 4 is 25.2 Å². The first-order valence-corrected chi connectivity index (χ1v) is 0. The third kappa shape index (κ3) is 130. The van der Waals surface area contributed by atoms with Crippen LogP contribution in [0.1, 0.15) is 0 Å². The van der Waals surface area contributed by atoms with E-state index in [1.165, 1.54) is 0 Å². The number of hydrogen-bond acceptors (Lipinski definition) is 0. The van der Waals surface area contributed by atoms with Crippen LogP contribution in [-0.4, -0.2) is 25.2 Å². The minimum atomic E-state index is 0. The van der Waals surface area contributed by atoms with Gasteiger partial charge >= 0.3 is 49.5 Å². The molecule has 0 aromatic rings. The van der Waals surface area contributed by atoms with Gasteiger partial charge in [-0.15, -0.1) is 0 Å². The maximum atomic E-state index is 0. The van der Waals surface area contributed by atoms with Gasteiger partial charge < -0.3 is 12.3 Å². The first-order chi connectivity index (χ1) is 0. The Balaban J connectivity index is 0. The van der Waals surface area contributed by atoms with E-state index >= 15 is 0 Å². The molecule has 0 unspecified atom stereocenters. The fourth-order valence-corrected chi connectivity index (χ4v) is 0. The molecule has 8 heavy (non-hydrogen) atoms. The average molecular weight is 237 g/mol. The molecule has 0 spiro atoms. The molecule has 0 N–H and O–H groups in total. The van der Waals surface area contributed by atoms with Crippen LogP contribution in [0, 0.1) is 0 Å². The molecule has 9 radical (unpaired) electrons. The maximum Gasteiger partial charge on any atom is 2.00 e. The van der Waals surface area contributed by atoms with Crippen LogP contribution in [0.5, 0.6) is 0 Å². The molecule has 2 nitrogen and oxygen atoms in total. The van der Waals surface area contributed by atoms with Gasteiger partial charge in [-0.25, -0.2) is 0 Å². The van der Waals surface area contributed by atoms with Crippen LogP contribution < -0.4 is 0 Å². The summed E-state index contributed by atoms with van der Waals surface area (Å²) >= 11 is 0. The Bertz CT molecular complexity index is 12.5. The summed E-state index contributed by atoms with van der Waals surface area (Å²) in [5, 5.41) is 0. The van der Waals surface area contributed by atoms with Crippen molar-refractivity contribution in [1.82, 2.24) is 0 Å². The molecular weight excluding hydrogens is 237 g/mol. The molecule has 0 bridgehead atoms. The van der Waals surface area contributed by atoms with E-state index in [1.807, 2.05) is 0 Å². The molecule has 0 aliphatic heterocycles. The summed E-state index contributed by atoms with van der Waals surface area (Å²) in [5.74, 6) is 0. The van der Waals surface area contributed by atoms with Gasteiger partial charge in [-0.05, 0) is 0 Å². The Morgan fingerprint density at radius 1 is 0.375 bits per heavy atom. The first-order valence-electron chi connectivity index (χ1n) is 0. The van der Waals surface area contributed by atoms with Crippen molar-refractivity contribution in [2.75, 3.05) is 0 Å². The summed E-state index contributed by atoms with van der Waals surface area (Å²) in [6.45, 7) is 0. The van der Waals surface area contributed by atoms with Gasteiger partial charge in [0.25, 0.3) is 0 Å². The molecule has 49 valence electrons. The van der Waals surface area contributed by atoms with Crippen LogP contribution in [0.25, 0.3) is 12.3 Å². The second-order valence-corrected chi connectivity index (χ2v) is 0. The minimum Gasteiger partial charge on any atom is -3.00 e. The second kappa shape index (κ2) is 195. The van der Waals surface area contributed by atoms with Crippen molar-refractivity contribution in [3.05, 3.63) is 12.3 Å². The third-order valence-electron chi connectivity index (χ3n) is 0. The molecule has 0 aromatic heterocycles. The molecule has 0 aliphatic carbocycles. The maximum absolute atomic E-state index is 0. The van der Waals surface area contributed by atoms with Gasteiger partial charge in [0, 0.05) is 25.2 Å². The monoisotopic (exact) mass is 235 g/mol. The molecule has 0 aromatic carbocycles. The summed E-state index contributed by atoms with van der Waals surface area (Å²) in [6.07, 6.45) is 0. The van der Waals surface area contributed by atoms with Crippen LogP contribution in [0.4, 0.5) is 0 Å². The van der Waals surface area contributed by atoms with E-state index in [-0.39, 0.29) is 87.0 Å². The minimum absolute atomic E-state index is 0. The zero-order chi connectivity index (χ0) is 0. The van der Waals surface area contributed by atoms with E-state index in [9.17, 15) is 0 Å². The van der Waals surface area contributed by atoms with E-state index < -0.39 is 0 Å². The zero-order valence-corrected chi connectivity index (χ0v) is 6.54. The van der Waals surface area contributed by atoms with Crippen LogP contribution in [0.3, 0.4) is 0 Å². The van der Waals surface area contributed by atoms with Crippen LogP contribution in [0.15, 0.2) is 0 Å². The van der Waals surface area contributed by atoms with Crippen molar-refractivity contribution in [2.45, 2.75) is 0 Å². The molecule has 0 rings (SSSR count). The fourth-order valence-electron chi connectivity index (χ4n) is 0. The average Bonchev–Trinajstić information content (AvgIpc) is 0. The molecule has 0 saturated carbocycles. The van der Waals surface area contributed by atoms with Gasteiger partial charge in [0.05, 0.1) is 0 Å². The van der Waals surface area contributed by atoms with E-state index in [0.29, 0.717) is 0 Å². The topological polar surface area (TPSA) is 61.0 Å². The standard InChI is InChI=1S/3B.2N.3Ni/q;;;2*-3;3*+2. The van der Waals surface area contributed by atoms with Gasteiger partial charge in [0.1, 0.15) is 0 Å². The van der Waals surface area contributed by atoms with Crippen molar-refractivity contribution < 1.29 is 49.5 Å². The van der Waals surface area contributed by atoms with Gasteiger partial charge in [0.15, 0.2) is 0 Å². The molecule has 0 amide bonds. The quantitative estimate of drug-likeness (QED) is 0.506. The zero-order valence-electron chi connectivity index (χ0n) is 3.58. The van der Waals surface area contributed by atoms with Gasteiger partial charge in [-0.3, -0.25) is 0 Å². The summed E-state index contributed by atoms with van der Waals surface area (Å²) in [4.78, 5) is 0. The molecule has 8 heteroatoms. The van der Waals surface area contributed by atoms with E-state index in [1.54, 1.807) is 0 Å². The second-order valence-electron chi connectivity index (χ2n) is 0. The van der Waals surface area contributed by atoms with Gasteiger partial charge in [-0.1, -0.05) is 0 Å². The SMILES string of the molecule is [B].[B].[B].[N-3].[N-3].[Ni+2].[Ni+2].[Ni+2]. The smallest absolute Gasteiger partial charge is 2.00 e. The third-order valence-corrected chi connectivity index (χ3v) is 0. The van der Waals surface area contributed by atoms with Crippen molar-refractivity contribution in [1.29, 1.82) is 0 Å². The molecule has 0 aliphatic rings. The summed E-state index contributed by atoms with van der Waals surface area (Å²) in [6, 6.07) is 0. The van der Waals surface area contributed by atoms with E-state index in [2.05, 4.69) is 0 Å². The Labute approximate surface area is 86.7 Å². The Morgan fingerprint density at radius 2 is 0.375 bits per heavy atom. The van der Waals surface area contributed by atoms with Gasteiger partial charge in [-0.2, -0.15) is 0 Å². The number of rotatable bonds is 0. The molecule has 0 saturated heterocycles. The number of hydrogen-bond donors (Lipinski definition) is 0. The summed E-state index contributed by atoms with van der Waals surface area (Å²) in [7, 11) is 0. The largest absolute Gasteiger partial charge is 3.00 e. The molecule has 0 atom stereocenters. The molecule has 0 fully saturated rings. The van der Waals surface area contributed by atoms with Crippen LogP contribution in [0.2, 0.25) is 0 Å². The molecular formula is B3N2Ni3. The number of nitrogens with zero attached hydrogens (tertiary/aromatic N) is 2. The normalized spacial score (nSPS) is 0. The van der Waals surface area contributed by atoms with Gasteiger partial charge in [0.2, 0.25) is 0 Å². The van der Waals surface area contributed by atoms with Crippen molar-refractivity contribution in [2.24, 2.45) is 0 Å². The Hall–Kier alpha value is 1.60. The van der Waals surface area contributed by atoms with Crippen molar-refractivity contribution in [3.8, 4) is 0 Å². The Kier molecular flexibility index (Phi) is 6780. The summed E-state index contributed by atoms with van der Waals surface area (Å²) in [5.41, 5.74) is 0. The predicted molar refractivity (Wildman–Crippen MR) is 24.0 cm³/mol. The van der Waals surface area contributed by atoms with Crippen molar-refractivity contribution in [3.63, 3.8) is 0 Å². The van der Waals surface area contributed by atoms with E-state index in [0.717, 1.165) is 0 Å². The fraction of sp³-hybridized carbons (Fsp3) is 0. The molecule has 0 heterocycles. The van der Waals surface area contributed by atoms with E-state index in [4.69, 9.17) is 0 Å². The van der Waals surface area contributed by atoms with Crippen LogP contribution >= 0.6 is 0 Å². The predicted octanol–water partition coefficient (Wildman–Crippen LogP) is -0.573. The summed E-state index contributed by atoms with van der Waals surface area (Å²) < 4.78 is 0. The Morgan fingerprint density at radius 3 is 0.375 bits per heavy atom.